The minimum absolute atomic E-state index is 0.0163. The fourth-order valence-corrected chi connectivity index (χ4v) is 3.09. The van der Waals surface area contributed by atoms with E-state index < -0.39 is 5.82 Å². The van der Waals surface area contributed by atoms with E-state index in [2.05, 4.69) is 15.5 Å². The molecule has 4 rings (SSSR count). The van der Waals surface area contributed by atoms with E-state index in [1.54, 1.807) is 53.2 Å². The number of methoxy groups -OCH3 is 1. The molecule has 2 aromatic heterocycles. The molecule has 0 spiro atoms. The Morgan fingerprint density at radius 2 is 2.07 bits per heavy atom. The molecular formula is C21H16ClFN4O3. The van der Waals surface area contributed by atoms with Gasteiger partial charge in [0.1, 0.15) is 12.2 Å². The highest BCUT2D eigenvalue weighted by atomic mass is 35.5. The number of halogens is 2. The minimum atomic E-state index is -0.527. The lowest BCUT2D eigenvalue weighted by molar-refractivity contribution is -0.116. The van der Waals surface area contributed by atoms with Crippen molar-refractivity contribution in [2.24, 2.45) is 0 Å². The van der Waals surface area contributed by atoms with Crippen LogP contribution in [0.3, 0.4) is 0 Å². The molecule has 9 heteroatoms. The summed E-state index contributed by atoms with van der Waals surface area (Å²) in [5, 5.41) is 7.13. The van der Waals surface area contributed by atoms with Crippen molar-refractivity contribution in [3.63, 3.8) is 0 Å². The minimum Gasteiger partial charge on any atom is -0.494 e. The Kier molecular flexibility index (Phi) is 5.49. The summed E-state index contributed by atoms with van der Waals surface area (Å²) in [6, 6.07) is 14.9. The van der Waals surface area contributed by atoms with Gasteiger partial charge < -0.3 is 19.1 Å². The van der Waals surface area contributed by atoms with Crippen LogP contribution in [-0.4, -0.2) is 27.7 Å². The summed E-state index contributed by atoms with van der Waals surface area (Å²) in [7, 11) is 1.39. The van der Waals surface area contributed by atoms with Gasteiger partial charge in [0.15, 0.2) is 11.6 Å². The smallest absolute Gasteiger partial charge is 0.274 e. The SMILES string of the molecule is COc1ccc(-c2noc(-c3cccn3CC(=O)Nc3ccccc3Cl)n2)cc1F. The Morgan fingerprint density at radius 3 is 2.83 bits per heavy atom. The summed E-state index contributed by atoms with van der Waals surface area (Å²) in [5.41, 5.74) is 1.52. The first-order valence-electron chi connectivity index (χ1n) is 8.92. The number of carbonyl (C=O) groups excluding carboxylic acids is 1. The second-order valence-electron chi connectivity index (χ2n) is 6.32. The first-order chi connectivity index (χ1) is 14.5. The molecule has 0 fully saturated rings. The van der Waals surface area contributed by atoms with E-state index >= 15 is 0 Å². The number of ether oxygens (including phenoxy) is 1. The second kappa shape index (κ2) is 8.38. The molecule has 0 atom stereocenters. The van der Waals surface area contributed by atoms with Gasteiger partial charge in [-0.1, -0.05) is 28.9 Å². The maximum atomic E-state index is 14.0. The van der Waals surface area contributed by atoms with Crippen molar-refractivity contribution in [2.75, 3.05) is 12.4 Å². The Balaban J connectivity index is 1.53. The zero-order valence-electron chi connectivity index (χ0n) is 15.8. The van der Waals surface area contributed by atoms with Crippen LogP contribution < -0.4 is 10.1 Å². The third kappa shape index (κ3) is 4.04. The molecule has 0 aliphatic rings. The van der Waals surface area contributed by atoms with Gasteiger partial charge in [0.25, 0.3) is 5.89 Å². The number of para-hydroxylation sites is 1. The van der Waals surface area contributed by atoms with Crippen LogP contribution in [0.25, 0.3) is 23.0 Å². The third-order valence-electron chi connectivity index (χ3n) is 4.35. The molecule has 152 valence electrons. The molecule has 0 aliphatic carbocycles. The van der Waals surface area contributed by atoms with E-state index in [1.807, 2.05) is 0 Å². The number of carbonyl (C=O) groups is 1. The molecule has 0 saturated carbocycles. The maximum Gasteiger partial charge on any atom is 0.274 e. The molecule has 4 aromatic rings. The summed E-state index contributed by atoms with van der Waals surface area (Å²) < 4.78 is 25.9. The van der Waals surface area contributed by atoms with E-state index in [0.717, 1.165) is 0 Å². The largest absolute Gasteiger partial charge is 0.494 e. The first-order valence-corrected chi connectivity index (χ1v) is 9.30. The van der Waals surface area contributed by atoms with Crippen molar-refractivity contribution in [3.8, 4) is 28.7 Å². The normalized spacial score (nSPS) is 10.8. The van der Waals surface area contributed by atoms with Crippen molar-refractivity contribution in [2.45, 2.75) is 6.54 Å². The van der Waals surface area contributed by atoms with E-state index in [9.17, 15) is 9.18 Å². The Labute approximate surface area is 176 Å². The van der Waals surface area contributed by atoms with Crippen LogP contribution in [0, 0.1) is 5.82 Å². The zero-order chi connectivity index (χ0) is 21.1. The molecule has 30 heavy (non-hydrogen) atoms. The van der Waals surface area contributed by atoms with Crippen molar-refractivity contribution in [1.29, 1.82) is 0 Å². The van der Waals surface area contributed by atoms with Gasteiger partial charge in [0, 0.05) is 11.8 Å². The van der Waals surface area contributed by atoms with Crippen LogP contribution >= 0.6 is 11.6 Å². The summed E-state index contributed by atoms with van der Waals surface area (Å²) in [5.74, 6) is -0.240. The number of hydrogen-bond donors (Lipinski definition) is 1. The van der Waals surface area contributed by atoms with Crippen LogP contribution in [0.4, 0.5) is 10.1 Å². The number of nitrogens with one attached hydrogen (secondary N) is 1. The van der Waals surface area contributed by atoms with Crippen molar-refractivity contribution < 1.29 is 18.4 Å². The predicted octanol–water partition coefficient (Wildman–Crippen LogP) is 4.64. The van der Waals surface area contributed by atoms with E-state index in [4.69, 9.17) is 20.9 Å². The third-order valence-corrected chi connectivity index (χ3v) is 4.68. The van der Waals surface area contributed by atoms with Gasteiger partial charge in [0.05, 0.1) is 17.8 Å². The Hall–Kier alpha value is -3.65. The zero-order valence-corrected chi connectivity index (χ0v) is 16.6. The average Bonchev–Trinajstić information content (AvgIpc) is 3.39. The first kappa shape index (κ1) is 19.7. The molecule has 0 radical (unpaired) electrons. The predicted molar refractivity (Wildman–Crippen MR) is 110 cm³/mol. The number of amides is 1. The quantitative estimate of drug-likeness (QED) is 0.485. The number of rotatable bonds is 6. The Morgan fingerprint density at radius 1 is 1.23 bits per heavy atom. The van der Waals surface area contributed by atoms with Gasteiger partial charge in [-0.3, -0.25) is 4.79 Å². The molecule has 2 aromatic carbocycles. The molecular weight excluding hydrogens is 411 g/mol. The molecule has 7 nitrogen and oxygen atoms in total. The molecule has 1 N–H and O–H groups in total. The highest BCUT2D eigenvalue weighted by molar-refractivity contribution is 6.33. The van der Waals surface area contributed by atoms with Crippen LogP contribution in [0.15, 0.2) is 65.3 Å². The lowest BCUT2D eigenvalue weighted by Gasteiger charge is -2.09. The number of aromatic nitrogens is 3. The number of anilines is 1. The van der Waals surface area contributed by atoms with Crippen LogP contribution in [0.5, 0.6) is 5.75 Å². The van der Waals surface area contributed by atoms with E-state index in [-0.39, 0.29) is 29.9 Å². The standard InChI is InChI=1S/C21H16ClFN4O3/c1-29-18-9-8-13(11-15(18)23)20-25-21(30-26-20)17-7-4-10-27(17)12-19(28)24-16-6-3-2-5-14(16)22/h2-11H,12H2,1H3,(H,24,28). The van der Waals surface area contributed by atoms with Crippen molar-refractivity contribution >= 4 is 23.2 Å². The van der Waals surface area contributed by atoms with Gasteiger partial charge in [-0.25, -0.2) is 4.39 Å². The molecule has 0 unspecified atom stereocenters. The number of nitrogens with zero attached hydrogens (tertiary/aromatic N) is 3. The van der Waals surface area contributed by atoms with Crippen LogP contribution in [0.1, 0.15) is 0 Å². The van der Waals surface area contributed by atoms with Gasteiger partial charge >= 0.3 is 0 Å². The fourth-order valence-electron chi connectivity index (χ4n) is 2.90. The van der Waals surface area contributed by atoms with Gasteiger partial charge in [0.2, 0.25) is 11.7 Å². The molecule has 0 saturated heterocycles. The van der Waals surface area contributed by atoms with Gasteiger partial charge in [-0.2, -0.15) is 4.98 Å². The number of hydrogen-bond acceptors (Lipinski definition) is 5. The Bertz CT molecular complexity index is 1200. The monoisotopic (exact) mass is 426 g/mol. The van der Waals surface area contributed by atoms with Crippen molar-refractivity contribution in [3.05, 3.63) is 71.6 Å². The topological polar surface area (TPSA) is 82.2 Å². The fraction of sp³-hybridized carbons (Fsp3) is 0.0952. The second-order valence-corrected chi connectivity index (χ2v) is 6.73. The number of benzene rings is 2. The van der Waals surface area contributed by atoms with Crippen LogP contribution in [-0.2, 0) is 11.3 Å². The summed E-state index contributed by atoms with van der Waals surface area (Å²) >= 11 is 6.08. The summed E-state index contributed by atoms with van der Waals surface area (Å²) in [6.45, 7) is 0.0163. The highest BCUT2D eigenvalue weighted by Gasteiger charge is 2.17. The van der Waals surface area contributed by atoms with E-state index in [0.29, 0.717) is 22.0 Å². The summed E-state index contributed by atoms with van der Waals surface area (Å²) in [4.78, 5) is 16.8. The van der Waals surface area contributed by atoms with Gasteiger partial charge in [-0.15, -0.1) is 0 Å². The highest BCUT2D eigenvalue weighted by Crippen LogP contribution is 2.26. The van der Waals surface area contributed by atoms with E-state index in [1.165, 1.54) is 19.2 Å². The van der Waals surface area contributed by atoms with Crippen LogP contribution in [0.2, 0.25) is 5.02 Å². The summed E-state index contributed by atoms with van der Waals surface area (Å²) in [6.07, 6.45) is 1.72. The molecule has 2 heterocycles. The average molecular weight is 427 g/mol. The van der Waals surface area contributed by atoms with Gasteiger partial charge in [-0.05, 0) is 42.5 Å². The molecule has 0 bridgehead atoms. The maximum absolute atomic E-state index is 14.0. The lowest BCUT2D eigenvalue weighted by atomic mass is 10.2. The molecule has 0 aliphatic heterocycles. The molecule has 1 amide bonds. The van der Waals surface area contributed by atoms with Crippen molar-refractivity contribution in [1.82, 2.24) is 14.7 Å². The lowest BCUT2D eigenvalue weighted by Crippen LogP contribution is -2.19.